The Morgan fingerprint density at radius 3 is 2.74 bits per heavy atom. The molecule has 0 bridgehead atoms. The third-order valence-corrected chi connectivity index (χ3v) is 4.80. The lowest BCUT2D eigenvalue weighted by atomic mass is 10.1. The summed E-state index contributed by atoms with van der Waals surface area (Å²) in [6.07, 6.45) is 2.52. The molecule has 0 amide bonds. The van der Waals surface area contributed by atoms with E-state index in [0.29, 0.717) is 28.6 Å². The zero-order valence-corrected chi connectivity index (χ0v) is 16.9. The number of hydrogen-bond donors (Lipinski definition) is 4. The van der Waals surface area contributed by atoms with E-state index in [1.165, 1.54) is 0 Å². The minimum atomic E-state index is -0.337. The maximum Gasteiger partial charge on any atom is 0.258 e. The number of phenolic OH excluding ortho intramolecular Hbond substituents is 1. The number of benzene rings is 2. The van der Waals surface area contributed by atoms with E-state index in [9.17, 15) is 15.0 Å². The van der Waals surface area contributed by atoms with E-state index in [2.05, 4.69) is 44.8 Å². The highest BCUT2D eigenvalue weighted by Gasteiger charge is 2.09. The van der Waals surface area contributed by atoms with Crippen LogP contribution in [-0.4, -0.2) is 28.0 Å². The second kappa shape index (κ2) is 8.43. The maximum atomic E-state index is 12.0. The molecule has 0 radical (unpaired) electrons. The second-order valence-electron chi connectivity index (χ2n) is 6.15. The molecule has 0 aliphatic rings. The van der Waals surface area contributed by atoms with Crippen molar-refractivity contribution in [1.82, 2.24) is 4.98 Å². The van der Waals surface area contributed by atoms with Crippen LogP contribution in [0.2, 0.25) is 0 Å². The summed E-state index contributed by atoms with van der Waals surface area (Å²) in [6.45, 7) is 3.19. The second-order valence-corrected chi connectivity index (χ2v) is 7.40. The summed E-state index contributed by atoms with van der Waals surface area (Å²) < 4.78 is 0.958. The Morgan fingerprint density at radius 2 is 2.00 bits per heavy atom. The average molecular weight is 477 g/mol. The molecule has 0 saturated heterocycles. The van der Waals surface area contributed by atoms with Crippen LogP contribution in [0.5, 0.6) is 11.6 Å². The van der Waals surface area contributed by atoms with Crippen LogP contribution < -0.4 is 10.9 Å². The van der Waals surface area contributed by atoms with Crippen LogP contribution in [0.3, 0.4) is 0 Å². The third kappa shape index (κ3) is 4.41. The summed E-state index contributed by atoms with van der Waals surface area (Å²) in [7, 11) is 0. The van der Waals surface area contributed by atoms with E-state index in [0.717, 1.165) is 22.1 Å². The van der Waals surface area contributed by atoms with E-state index in [1.54, 1.807) is 18.3 Å². The van der Waals surface area contributed by atoms with E-state index >= 15 is 0 Å². The van der Waals surface area contributed by atoms with E-state index in [-0.39, 0.29) is 17.2 Å². The Bertz CT molecular complexity index is 1060. The lowest BCUT2D eigenvalue weighted by Crippen LogP contribution is -2.08. The SMILES string of the molecule is CCCNc1ccc(CN=Cc2c(O)[nH]c(=O)c3ccc(I)cc23)cc1O. The van der Waals surface area contributed by atoms with Crippen LogP contribution in [0.25, 0.3) is 10.8 Å². The topological polar surface area (TPSA) is 97.7 Å². The summed E-state index contributed by atoms with van der Waals surface area (Å²) in [6, 6.07) is 10.8. The van der Waals surface area contributed by atoms with Crippen LogP contribution in [0.4, 0.5) is 5.69 Å². The first kappa shape index (κ1) is 19.2. The van der Waals surface area contributed by atoms with Crippen molar-refractivity contribution in [2.45, 2.75) is 19.9 Å². The number of halogens is 1. The minimum Gasteiger partial charge on any atom is -0.506 e. The van der Waals surface area contributed by atoms with Gasteiger partial charge in [-0.15, -0.1) is 0 Å². The molecule has 3 rings (SSSR count). The molecule has 6 nitrogen and oxygen atoms in total. The number of hydrogen-bond acceptors (Lipinski definition) is 5. The fraction of sp³-hybridized carbons (Fsp3) is 0.200. The number of pyridine rings is 1. The molecular weight excluding hydrogens is 457 g/mol. The van der Waals surface area contributed by atoms with Crippen molar-refractivity contribution in [3.05, 3.63) is 61.4 Å². The molecule has 27 heavy (non-hydrogen) atoms. The van der Waals surface area contributed by atoms with Crippen molar-refractivity contribution in [3.8, 4) is 11.6 Å². The quantitative estimate of drug-likeness (QED) is 0.245. The number of aliphatic imine (C=N–C) groups is 1. The number of rotatable bonds is 6. The Labute approximate surface area is 170 Å². The highest BCUT2D eigenvalue weighted by atomic mass is 127. The minimum absolute atomic E-state index is 0.183. The lowest BCUT2D eigenvalue weighted by Gasteiger charge is -2.08. The van der Waals surface area contributed by atoms with Gasteiger partial charge in [0.15, 0.2) is 0 Å². The largest absolute Gasteiger partial charge is 0.506 e. The van der Waals surface area contributed by atoms with Gasteiger partial charge < -0.3 is 15.5 Å². The number of aromatic amines is 1. The number of nitrogens with one attached hydrogen (secondary N) is 2. The van der Waals surface area contributed by atoms with Gasteiger partial charge in [0.05, 0.1) is 17.8 Å². The molecule has 1 aromatic heterocycles. The van der Waals surface area contributed by atoms with Gasteiger partial charge in [-0.3, -0.25) is 14.8 Å². The average Bonchev–Trinajstić information content (AvgIpc) is 2.63. The number of phenols is 1. The summed E-state index contributed by atoms with van der Waals surface area (Å²) >= 11 is 2.16. The number of aromatic nitrogens is 1. The van der Waals surface area contributed by atoms with Gasteiger partial charge in [0, 0.05) is 27.1 Å². The van der Waals surface area contributed by atoms with Crippen molar-refractivity contribution in [1.29, 1.82) is 0 Å². The van der Waals surface area contributed by atoms with E-state index in [1.807, 2.05) is 24.3 Å². The number of aromatic hydroxyl groups is 2. The van der Waals surface area contributed by atoms with Crippen LogP contribution in [-0.2, 0) is 6.54 Å². The Kier molecular flexibility index (Phi) is 6.00. The molecule has 140 valence electrons. The van der Waals surface area contributed by atoms with Crippen LogP contribution in [0.15, 0.2) is 46.2 Å². The molecule has 2 aromatic carbocycles. The lowest BCUT2D eigenvalue weighted by molar-refractivity contribution is 0.452. The predicted octanol–water partition coefficient (Wildman–Crippen LogP) is 3.98. The molecule has 0 fully saturated rings. The fourth-order valence-corrected chi connectivity index (χ4v) is 3.26. The van der Waals surface area contributed by atoms with Gasteiger partial charge in [-0.05, 0) is 64.9 Å². The van der Waals surface area contributed by atoms with Crippen LogP contribution in [0, 0.1) is 3.57 Å². The molecule has 4 N–H and O–H groups in total. The van der Waals surface area contributed by atoms with Crippen molar-refractivity contribution < 1.29 is 10.2 Å². The Balaban J connectivity index is 1.86. The molecule has 7 heteroatoms. The normalized spacial score (nSPS) is 11.3. The predicted molar refractivity (Wildman–Crippen MR) is 117 cm³/mol. The first-order valence-corrected chi connectivity index (χ1v) is 9.67. The van der Waals surface area contributed by atoms with Crippen molar-refractivity contribution >= 4 is 45.3 Å². The molecule has 0 aliphatic carbocycles. The first-order valence-electron chi connectivity index (χ1n) is 8.59. The van der Waals surface area contributed by atoms with Gasteiger partial charge in [-0.2, -0.15) is 0 Å². The molecule has 3 aromatic rings. The number of fused-ring (bicyclic) bond motifs is 1. The van der Waals surface area contributed by atoms with Crippen molar-refractivity contribution in [2.75, 3.05) is 11.9 Å². The Morgan fingerprint density at radius 1 is 1.19 bits per heavy atom. The van der Waals surface area contributed by atoms with Crippen molar-refractivity contribution in [2.24, 2.45) is 4.99 Å². The van der Waals surface area contributed by atoms with Gasteiger partial charge in [-0.25, -0.2) is 0 Å². The van der Waals surface area contributed by atoms with Crippen molar-refractivity contribution in [3.63, 3.8) is 0 Å². The highest BCUT2D eigenvalue weighted by molar-refractivity contribution is 14.1. The van der Waals surface area contributed by atoms with E-state index < -0.39 is 0 Å². The van der Waals surface area contributed by atoms with Crippen LogP contribution in [0.1, 0.15) is 24.5 Å². The van der Waals surface area contributed by atoms with Gasteiger partial charge in [0.25, 0.3) is 5.56 Å². The zero-order chi connectivity index (χ0) is 19.4. The summed E-state index contributed by atoms with van der Waals surface area (Å²) in [4.78, 5) is 18.8. The van der Waals surface area contributed by atoms with Gasteiger partial charge in [0.2, 0.25) is 5.88 Å². The number of H-pyrrole nitrogens is 1. The molecule has 0 aliphatic heterocycles. The summed E-state index contributed by atoms with van der Waals surface area (Å²) in [5.41, 5.74) is 1.67. The maximum absolute atomic E-state index is 12.0. The smallest absolute Gasteiger partial charge is 0.258 e. The standard InChI is InChI=1S/C20H20IN3O3/c1-2-7-23-17-6-3-12(8-18(17)25)10-22-11-16-15-9-13(21)4-5-14(15)19(26)24-20(16)27/h3-6,8-9,11,23,25H,2,7,10H2,1H3,(H2,24,26,27). The number of nitrogens with zero attached hydrogens (tertiary/aromatic N) is 1. The monoisotopic (exact) mass is 477 g/mol. The van der Waals surface area contributed by atoms with Crippen LogP contribution >= 0.6 is 22.6 Å². The molecule has 0 saturated carbocycles. The third-order valence-electron chi connectivity index (χ3n) is 4.13. The Hall–Kier alpha value is -2.55. The highest BCUT2D eigenvalue weighted by Crippen LogP contribution is 2.25. The molecule has 0 unspecified atom stereocenters. The molecule has 0 spiro atoms. The fourth-order valence-electron chi connectivity index (χ4n) is 2.76. The zero-order valence-electron chi connectivity index (χ0n) is 14.8. The summed E-state index contributed by atoms with van der Waals surface area (Å²) in [5, 5.41) is 24.5. The van der Waals surface area contributed by atoms with Gasteiger partial charge in [0.1, 0.15) is 5.75 Å². The summed E-state index contributed by atoms with van der Waals surface area (Å²) in [5.74, 6) is -0.0248. The van der Waals surface area contributed by atoms with Gasteiger partial charge in [-0.1, -0.05) is 13.0 Å². The number of anilines is 1. The molecular formula is C20H20IN3O3. The molecule has 0 atom stereocenters. The van der Waals surface area contributed by atoms with Gasteiger partial charge >= 0.3 is 0 Å². The van der Waals surface area contributed by atoms with E-state index in [4.69, 9.17) is 0 Å². The molecule has 1 heterocycles. The first-order chi connectivity index (χ1) is 13.0.